The van der Waals surface area contributed by atoms with E-state index in [0.717, 1.165) is 7.11 Å². The van der Waals surface area contributed by atoms with Crippen molar-refractivity contribution >= 4 is 34.0 Å². The van der Waals surface area contributed by atoms with Gasteiger partial charge in [0.2, 0.25) is 0 Å². The number of hydrogen-bond donors (Lipinski definition) is 1. The smallest absolute Gasteiger partial charge is 1.00 e. The first-order valence-corrected chi connectivity index (χ1v) is 0.447. The van der Waals surface area contributed by atoms with Crippen LogP contribution in [0.15, 0.2) is 0 Å². The van der Waals surface area contributed by atoms with E-state index in [1.807, 2.05) is 0 Å². The van der Waals surface area contributed by atoms with Gasteiger partial charge in [-0.05, 0) is 0 Å². The van der Waals surface area contributed by atoms with Crippen LogP contribution >= 0.6 is 34.0 Å². The Hall–Kier alpha value is 2.14. The van der Waals surface area contributed by atoms with E-state index in [1.165, 1.54) is 0 Å². The molecule has 0 aliphatic heterocycles. The Morgan fingerprint density at radius 1 is 1.17 bits per heavy atom. The zero-order chi connectivity index (χ0) is 2.00. The second-order valence-corrected chi connectivity index (χ2v) is 0. The minimum Gasteiger partial charge on any atom is -1.00 e. The molecule has 5 heteroatoms. The van der Waals surface area contributed by atoms with E-state index in [0.29, 0.717) is 0 Å². The molecule has 0 fully saturated rings. The van der Waals surface area contributed by atoms with Crippen LogP contribution in [0.25, 0.3) is 0 Å². The van der Waals surface area contributed by atoms with E-state index < -0.39 is 0 Å². The van der Waals surface area contributed by atoms with E-state index in [1.54, 1.807) is 0 Å². The van der Waals surface area contributed by atoms with E-state index in [9.17, 15) is 0 Å². The molecule has 0 amide bonds. The van der Waals surface area contributed by atoms with E-state index >= 15 is 0 Å². The summed E-state index contributed by atoms with van der Waals surface area (Å²) in [4.78, 5) is 0. The summed E-state index contributed by atoms with van der Waals surface area (Å²) in [6.45, 7) is 0. The molecule has 0 rings (SSSR count). The Morgan fingerprint density at radius 2 is 1.17 bits per heavy atom. The summed E-state index contributed by atoms with van der Waals surface area (Å²) < 4.78 is 0. The molecule has 1 N–H and O–H groups in total. The van der Waals surface area contributed by atoms with Crippen molar-refractivity contribution in [2.45, 2.75) is 0 Å². The zero-order valence-electron chi connectivity index (χ0n) is 4.97. The van der Waals surface area contributed by atoms with Gasteiger partial charge < -0.3 is 6.53 Å². The van der Waals surface area contributed by atoms with Crippen LogP contribution in [0.4, 0.5) is 0 Å². The van der Waals surface area contributed by atoms with Gasteiger partial charge >= 0.3 is 18.9 Å². The minimum absolute atomic E-state index is 0. The average Bonchev–Trinajstić information content (AvgIpc) is 1.00. The molecule has 1 nitrogen and oxygen atoms in total. The van der Waals surface area contributed by atoms with Crippen LogP contribution in [-0.2, 0) is 19.5 Å². The monoisotopic (exact) mass is 264 g/mol. The van der Waals surface area contributed by atoms with Crippen molar-refractivity contribution in [2.75, 3.05) is 7.11 Å². The van der Waals surface area contributed by atoms with Gasteiger partial charge in [0.1, 0.15) is 0 Å². The molecule has 0 spiro atoms. The first-order chi connectivity index (χ1) is 1.00. The third-order valence-electron chi connectivity index (χ3n) is 0. The summed E-state index contributed by atoms with van der Waals surface area (Å²) in [7, 11) is 1.00. The molecule has 0 aliphatic carbocycles. The van der Waals surface area contributed by atoms with Crippen LogP contribution in [0.1, 0.15) is 1.43 Å². The van der Waals surface area contributed by atoms with Gasteiger partial charge in [-0.25, -0.2) is 0 Å². The van der Waals surface area contributed by atoms with E-state index in [-0.39, 0.29) is 73.7 Å². The third-order valence-corrected chi connectivity index (χ3v) is 0. The fourth-order valence-electron chi connectivity index (χ4n) is 0. The summed E-state index contributed by atoms with van der Waals surface area (Å²) in [6, 6.07) is 0. The first kappa shape index (κ1) is 42.1. The number of aliphatic hydroxyl groups is 1. The molecule has 0 unspecified atom stereocenters. The van der Waals surface area contributed by atoms with Gasteiger partial charge in [0.15, 0.2) is 0 Å². The molecule has 0 aromatic heterocycles. The van der Waals surface area contributed by atoms with Crippen molar-refractivity contribution < 1.29 is 44.9 Å². The first-order valence-electron chi connectivity index (χ1n) is 0.447. The van der Waals surface area contributed by atoms with Crippen LogP contribution in [0.3, 0.4) is 0 Å². The molecule has 0 atom stereocenters. The zero-order valence-corrected chi connectivity index (χ0v) is 10.4. The Balaban J connectivity index is -0.000000000500. The maximum absolute atomic E-state index is 7.00. The van der Waals surface area contributed by atoms with E-state index in [2.05, 4.69) is 0 Å². The number of rotatable bonds is 0. The van der Waals surface area contributed by atoms with Gasteiger partial charge in [0.25, 0.3) is 0 Å². The standard InChI is InChI=1S/CH4O.2BrH.Li.Zn.H/c1-2;;;;;/h2H,1H3;2*1H;;;/q;;;+1;;-1. The molecule has 0 heterocycles. The van der Waals surface area contributed by atoms with Crippen LogP contribution in [-0.4, -0.2) is 12.2 Å². The third kappa shape index (κ3) is 35.4. The van der Waals surface area contributed by atoms with Crippen LogP contribution < -0.4 is 18.9 Å². The summed E-state index contributed by atoms with van der Waals surface area (Å²) in [6.07, 6.45) is 0. The summed E-state index contributed by atoms with van der Waals surface area (Å²) in [5.74, 6) is 0. The molecular weight excluding hydrogens is 260 g/mol. The normalized spacial score (nSPS) is 1.00. The molecule has 0 aromatic carbocycles. The fourth-order valence-corrected chi connectivity index (χ4v) is 0. The molecule has 6 heavy (non-hydrogen) atoms. The average molecular weight is 267 g/mol. The Kier molecular flexibility index (Phi) is 412. The number of aliphatic hydroxyl groups excluding tert-OH is 1. The van der Waals surface area contributed by atoms with E-state index in [4.69, 9.17) is 5.11 Å². The SMILES string of the molecule is Br.Br.CO.[H-].[Li+].[Zn]. The maximum atomic E-state index is 7.00. The largest absolute Gasteiger partial charge is 1.00 e. The number of hydrogen-bond acceptors (Lipinski definition) is 1. The quantitative estimate of drug-likeness (QED) is 0.498. The second-order valence-electron chi connectivity index (χ2n) is 0. The molecular formula is CH7Br2LiOZn. The summed E-state index contributed by atoms with van der Waals surface area (Å²) in [5, 5.41) is 7.00. The molecule has 0 saturated carbocycles. The molecule has 0 bridgehead atoms. The van der Waals surface area contributed by atoms with Crippen LogP contribution in [0, 0.1) is 0 Å². The Bertz CT molecular complexity index is 17.7. The predicted octanol–water partition coefficient (Wildman–Crippen LogP) is -2.12. The fraction of sp³-hybridized carbons (Fsp3) is 1.00. The number of halogens is 2. The maximum Gasteiger partial charge on any atom is 1.00 e. The molecule has 0 aromatic rings. The van der Waals surface area contributed by atoms with Crippen molar-refractivity contribution in [2.24, 2.45) is 0 Å². The van der Waals surface area contributed by atoms with Gasteiger partial charge in [-0.2, -0.15) is 0 Å². The van der Waals surface area contributed by atoms with Crippen molar-refractivity contribution in [3.8, 4) is 0 Å². The van der Waals surface area contributed by atoms with Gasteiger partial charge in [0.05, 0.1) is 0 Å². The molecule has 34 valence electrons. The molecule has 0 radical (unpaired) electrons. The topological polar surface area (TPSA) is 20.2 Å². The minimum atomic E-state index is 0. The predicted molar refractivity (Wildman–Crippen MR) is 29.9 cm³/mol. The van der Waals surface area contributed by atoms with Crippen molar-refractivity contribution in [3.63, 3.8) is 0 Å². The van der Waals surface area contributed by atoms with Crippen LogP contribution in [0.5, 0.6) is 0 Å². The summed E-state index contributed by atoms with van der Waals surface area (Å²) in [5.41, 5.74) is 0. The van der Waals surface area contributed by atoms with Crippen molar-refractivity contribution in [1.82, 2.24) is 0 Å². The van der Waals surface area contributed by atoms with Gasteiger partial charge in [-0.1, -0.05) is 0 Å². The van der Waals surface area contributed by atoms with Gasteiger partial charge in [0, 0.05) is 26.6 Å². The second kappa shape index (κ2) is 58.8. The Labute approximate surface area is 85.2 Å². The summed E-state index contributed by atoms with van der Waals surface area (Å²) >= 11 is 0. The molecule has 0 aliphatic rings. The van der Waals surface area contributed by atoms with Gasteiger partial charge in [-0.3, -0.25) is 0 Å². The van der Waals surface area contributed by atoms with Gasteiger partial charge in [-0.15, -0.1) is 34.0 Å². The molecule has 0 saturated heterocycles. The van der Waals surface area contributed by atoms with Crippen molar-refractivity contribution in [3.05, 3.63) is 0 Å². The van der Waals surface area contributed by atoms with Crippen LogP contribution in [0.2, 0.25) is 0 Å². The van der Waals surface area contributed by atoms with Crippen molar-refractivity contribution in [1.29, 1.82) is 0 Å². The Morgan fingerprint density at radius 3 is 1.17 bits per heavy atom.